The Labute approximate surface area is 159 Å². The number of nitrogens with one attached hydrogen (secondary N) is 1. The van der Waals surface area contributed by atoms with Crippen LogP contribution in [0.25, 0.3) is 0 Å². The molecule has 26 heavy (non-hydrogen) atoms. The lowest BCUT2D eigenvalue weighted by atomic mass is 9.83. The summed E-state index contributed by atoms with van der Waals surface area (Å²) in [5.41, 5.74) is -1.13. The van der Waals surface area contributed by atoms with Crippen LogP contribution < -0.4 is 5.32 Å². The number of amides is 1. The van der Waals surface area contributed by atoms with Crippen molar-refractivity contribution in [3.8, 4) is 0 Å². The molecule has 0 aromatic heterocycles. The largest absolute Gasteiger partial charge is 0.375 e. The molecule has 7 heteroatoms. The Bertz CT molecular complexity index is 891. The van der Waals surface area contributed by atoms with Gasteiger partial charge in [0.25, 0.3) is 5.91 Å². The number of allylic oxidation sites excluding steroid dienone is 4. The molecule has 2 N–H and O–H groups in total. The fourth-order valence-electron chi connectivity index (χ4n) is 3.63. The second kappa shape index (κ2) is 6.19. The number of aliphatic hydroxyl groups is 1. The maximum Gasteiger partial charge on any atom is 0.261 e. The SMILES string of the molecule is O=C(CC1(O)C(=O)Nc2c(Cl)ccc(Cl)c21)C1C=C(F)C(C2CC2)=CC1. The highest BCUT2D eigenvalue weighted by Gasteiger charge is 2.49. The van der Waals surface area contributed by atoms with Gasteiger partial charge in [0.05, 0.1) is 10.7 Å². The van der Waals surface area contributed by atoms with E-state index in [1.165, 1.54) is 18.2 Å². The Kier molecular flexibility index (Phi) is 4.21. The molecule has 1 heterocycles. The predicted octanol–water partition coefficient (Wildman–Crippen LogP) is 4.30. The Morgan fingerprint density at radius 3 is 2.65 bits per heavy atom. The topological polar surface area (TPSA) is 66.4 Å². The predicted molar refractivity (Wildman–Crippen MR) is 96.7 cm³/mol. The molecule has 1 amide bonds. The van der Waals surface area contributed by atoms with E-state index in [9.17, 15) is 19.1 Å². The van der Waals surface area contributed by atoms with Crippen molar-refractivity contribution in [1.82, 2.24) is 0 Å². The average molecular weight is 396 g/mol. The molecule has 1 aliphatic heterocycles. The lowest BCUT2D eigenvalue weighted by Crippen LogP contribution is -2.38. The standard InChI is InChI=1S/C19H16Cl2FNO3/c20-12-5-6-13(21)17-16(12)19(26,18(25)23-17)8-15(24)10-3-4-11(9-1-2-9)14(22)7-10/h4-7,9-10,26H,1-3,8H2,(H,23,25). The van der Waals surface area contributed by atoms with Crippen LogP contribution in [0.1, 0.15) is 31.2 Å². The molecule has 3 aliphatic rings. The number of ketones is 1. The first kappa shape index (κ1) is 17.7. The van der Waals surface area contributed by atoms with Crippen molar-refractivity contribution in [3.63, 3.8) is 0 Å². The zero-order chi connectivity index (χ0) is 18.6. The first-order chi connectivity index (χ1) is 12.3. The molecule has 2 atom stereocenters. The number of rotatable bonds is 4. The summed E-state index contributed by atoms with van der Waals surface area (Å²) >= 11 is 12.2. The van der Waals surface area contributed by atoms with Crippen LogP contribution in [0.5, 0.6) is 0 Å². The number of carbonyl (C=O) groups excluding carboxylic acids is 2. The van der Waals surface area contributed by atoms with Crippen molar-refractivity contribution in [3.05, 3.63) is 51.3 Å². The van der Waals surface area contributed by atoms with Gasteiger partial charge in [0.2, 0.25) is 0 Å². The summed E-state index contributed by atoms with van der Waals surface area (Å²) in [5.74, 6) is -2.00. The number of carbonyl (C=O) groups is 2. The maximum absolute atomic E-state index is 14.3. The van der Waals surface area contributed by atoms with Gasteiger partial charge in [0.1, 0.15) is 11.6 Å². The third kappa shape index (κ3) is 2.79. The van der Waals surface area contributed by atoms with Gasteiger partial charge in [-0.3, -0.25) is 9.59 Å². The molecular formula is C19H16Cl2FNO3. The molecule has 0 saturated heterocycles. The highest BCUT2D eigenvalue weighted by molar-refractivity contribution is 6.38. The molecule has 2 aliphatic carbocycles. The highest BCUT2D eigenvalue weighted by Crippen LogP contribution is 2.47. The van der Waals surface area contributed by atoms with Crippen molar-refractivity contribution in [1.29, 1.82) is 0 Å². The van der Waals surface area contributed by atoms with Crippen molar-refractivity contribution >= 4 is 40.6 Å². The summed E-state index contributed by atoms with van der Waals surface area (Å²) in [6.07, 6.45) is 4.88. The van der Waals surface area contributed by atoms with Crippen LogP contribution in [-0.2, 0) is 15.2 Å². The molecule has 1 aromatic rings. The van der Waals surface area contributed by atoms with E-state index in [-0.39, 0.29) is 33.0 Å². The van der Waals surface area contributed by atoms with Gasteiger partial charge < -0.3 is 10.4 Å². The maximum atomic E-state index is 14.3. The number of halogens is 3. The summed E-state index contributed by atoms with van der Waals surface area (Å²) in [4.78, 5) is 25.0. The van der Waals surface area contributed by atoms with Gasteiger partial charge >= 0.3 is 0 Å². The fourth-order valence-corrected chi connectivity index (χ4v) is 4.15. The molecule has 136 valence electrons. The molecule has 1 fully saturated rings. The zero-order valence-electron chi connectivity index (χ0n) is 13.7. The Morgan fingerprint density at radius 2 is 2.00 bits per heavy atom. The van der Waals surface area contributed by atoms with Gasteiger partial charge in [-0.1, -0.05) is 29.3 Å². The van der Waals surface area contributed by atoms with E-state index < -0.39 is 29.6 Å². The van der Waals surface area contributed by atoms with E-state index in [0.717, 1.165) is 12.8 Å². The normalized spacial score (nSPS) is 27.5. The van der Waals surface area contributed by atoms with Gasteiger partial charge in [-0.2, -0.15) is 0 Å². The van der Waals surface area contributed by atoms with Crippen molar-refractivity contribution in [2.24, 2.45) is 11.8 Å². The zero-order valence-corrected chi connectivity index (χ0v) is 15.2. The molecule has 0 spiro atoms. The van der Waals surface area contributed by atoms with Gasteiger partial charge in [-0.25, -0.2) is 4.39 Å². The Morgan fingerprint density at radius 1 is 1.31 bits per heavy atom. The van der Waals surface area contributed by atoms with Crippen molar-refractivity contribution in [2.45, 2.75) is 31.3 Å². The summed E-state index contributed by atoms with van der Waals surface area (Å²) < 4.78 is 14.3. The summed E-state index contributed by atoms with van der Waals surface area (Å²) in [5, 5.41) is 13.8. The monoisotopic (exact) mass is 395 g/mol. The molecule has 0 bridgehead atoms. The van der Waals surface area contributed by atoms with E-state index in [0.29, 0.717) is 12.0 Å². The minimum Gasteiger partial charge on any atom is -0.375 e. The second-order valence-corrected chi connectivity index (χ2v) is 7.84. The number of benzene rings is 1. The van der Waals surface area contributed by atoms with Crippen molar-refractivity contribution in [2.75, 3.05) is 5.32 Å². The third-order valence-electron chi connectivity index (χ3n) is 5.21. The highest BCUT2D eigenvalue weighted by atomic mass is 35.5. The van der Waals surface area contributed by atoms with Crippen LogP contribution in [0.3, 0.4) is 0 Å². The molecule has 1 aromatic carbocycles. The van der Waals surface area contributed by atoms with Gasteiger partial charge in [0, 0.05) is 22.9 Å². The minimum absolute atomic E-state index is 0.0967. The fraction of sp³-hybridized carbons (Fsp3) is 0.368. The molecule has 4 nitrogen and oxygen atoms in total. The molecule has 0 radical (unpaired) electrons. The lowest BCUT2D eigenvalue weighted by molar-refractivity contribution is -0.141. The number of anilines is 1. The smallest absolute Gasteiger partial charge is 0.261 e. The first-order valence-corrected chi connectivity index (χ1v) is 9.19. The van der Waals surface area contributed by atoms with Crippen molar-refractivity contribution < 1.29 is 19.1 Å². The third-order valence-corrected chi connectivity index (χ3v) is 5.84. The Hall–Kier alpha value is -1.69. The quantitative estimate of drug-likeness (QED) is 0.798. The second-order valence-electron chi connectivity index (χ2n) is 7.03. The van der Waals surface area contributed by atoms with E-state index in [2.05, 4.69) is 5.32 Å². The number of hydrogen-bond acceptors (Lipinski definition) is 3. The molecule has 4 rings (SSSR count). The first-order valence-electron chi connectivity index (χ1n) is 8.44. The Balaban J connectivity index is 1.59. The number of hydrogen-bond donors (Lipinski definition) is 2. The van der Waals surface area contributed by atoms with E-state index in [4.69, 9.17) is 23.2 Å². The summed E-state index contributed by atoms with van der Waals surface area (Å²) in [7, 11) is 0. The number of fused-ring (bicyclic) bond motifs is 1. The van der Waals surface area contributed by atoms with Crippen LogP contribution in [0, 0.1) is 11.8 Å². The van der Waals surface area contributed by atoms with E-state index in [1.54, 1.807) is 6.08 Å². The summed E-state index contributed by atoms with van der Waals surface area (Å²) in [6.45, 7) is 0. The lowest BCUT2D eigenvalue weighted by Gasteiger charge is -2.24. The molecule has 1 saturated carbocycles. The minimum atomic E-state index is -2.11. The summed E-state index contributed by atoms with van der Waals surface area (Å²) in [6, 6.07) is 2.96. The van der Waals surface area contributed by atoms with Gasteiger partial charge in [0.15, 0.2) is 5.60 Å². The van der Waals surface area contributed by atoms with Gasteiger partial charge in [-0.05, 0) is 49.0 Å². The van der Waals surface area contributed by atoms with Crippen LogP contribution >= 0.6 is 23.2 Å². The molecule has 2 unspecified atom stereocenters. The molecular weight excluding hydrogens is 380 g/mol. The van der Waals surface area contributed by atoms with E-state index >= 15 is 0 Å². The van der Waals surface area contributed by atoms with Crippen LogP contribution in [0.15, 0.2) is 35.7 Å². The average Bonchev–Trinajstić information content (AvgIpc) is 3.38. The van der Waals surface area contributed by atoms with Gasteiger partial charge in [-0.15, -0.1) is 0 Å². The number of Topliss-reactive ketones (excluding diaryl/α,β-unsaturated/α-hetero) is 1. The van der Waals surface area contributed by atoms with Crippen LogP contribution in [-0.4, -0.2) is 16.8 Å². The van der Waals surface area contributed by atoms with Crippen LogP contribution in [0.4, 0.5) is 10.1 Å². The van der Waals surface area contributed by atoms with Crippen LogP contribution in [0.2, 0.25) is 10.0 Å². The van der Waals surface area contributed by atoms with E-state index in [1.807, 2.05) is 0 Å².